The number of alkyl halides is 6. The van der Waals surface area contributed by atoms with Gasteiger partial charge in [-0.1, -0.05) is 60.7 Å². The molecule has 3 aromatic carbocycles. The first-order valence-corrected chi connectivity index (χ1v) is 12.5. The van der Waals surface area contributed by atoms with E-state index >= 15 is 0 Å². The molecule has 0 radical (unpaired) electrons. The van der Waals surface area contributed by atoms with Gasteiger partial charge in [-0.3, -0.25) is 9.69 Å². The third-order valence-corrected chi connectivity index (χ3v) is 6.67. The lowest BCUT2D eigenvalue weighted by Gasteiger charge is -2.43. The van der Waals surface area contributed by atoms with E-state index in [0.29, 0.717) is 38.1 Å². The Balaban J connectivity index is 1.57. The fourth-order valence-electron chi connectivity index (χ4n) is 4.91. The molecule has 0 aromatic heterocycles. The van der Waals surface area contributed by atoms with Crippen LogP contribution in [0.25, 0.3) is 0 Å². The molecule has 10 heteroatoms. The third kappa shape index (κ3) is 7.60. The number of carbonyl (C=O) groups is 1. The molecule has 2 atom stereocenters. The number of hydrogen-bond acceptors (Lipinski definition) is 3. The Morgan fingerprint density at radius 2 is 1.44 bits per heavy atom. The van der Waals surface area contributed by atoms with Crippen molar-refractivity contribution in [3.63, 3.8) is 0 Å². The highest BCUT2D eigenvalue weighted by molar-refractivity contribution is 5.47. The van der Waals surface area contributed by atoms with Crippen LogP contribution in [-0.4, -0.2) is 35.5 Å². The summed E-state index contributed by atoms with van der Waals surface area (Å²) in [6.07, 6.45) is -8.37. The molecular weight excluding hydrogens is 522 g/mol. The summed E-state index contributed by atoms with van der Waals surface area (Å²) in [5.41, 5.74) is -1.12. The predicted octanol–water partition coefficient (Wildman–Crippen LogP) is 7.06. The van der Waals surface area contributed by atoms with Crippen LogP contribution in [-0.2, 0) is 35.0 Å². The molecule has 0 N–H and O–H groups in total. The Morgan fingerprint density at radius 1 is 0.846 bits per heavy atom. The highest BCUT2D eigenvalue weighted by atomic mass is 19.4. The van der Waals surface area contributed by atoms with Crippen molar-refractivity contribution in [3.05, 3.63) is 107 Å². The zero-order valence-electron chi connectivity index (χ0n) is 21.0. The Kier molecular flexibility index (Phi) is 8.97. The summed E-state index contributed by atoms with van der Waals surface area (Å²) in [7, 11) is 0. The molecule has 1 aliphatic heterocycles. The molecule has 4 nitrogen and oxygen atoms in total. The van der Waals surface area contributed by atoms with E-state index in [9.17, 15) is 31.1 Å². The molecule has 208 valence electrons. The molecule has 3 aromatic rings. The van der Waals surface area contributed by atoms with Crippen molar-refractivity contribution < 1.29 is 35.9 Å². The first-order chi connectivity index (χ1) is 18.5. The zero-order valence-corrected chi connectivity index (χ0v) is 21.0. The van der Waals surface area contributed by atoms with Gasteiger partial charge >= 0.3 is 12.4 Å². The van der Waals surface area contributed by atoms with Gasteiger partial charge in [0.1, 0.15) is 0 Å². The van der Waals surface area contributed by atoms with Crippen LogP contribution in [0.4, 0.5) is 26.3 Å². The molecular formula is C29H28F6N2O2. The summed E-state index contributed by atoms with van der Waals surface area (Å²) in [6, 6.07) is 20.0. The van der Waals surface area contributed by atoms with Crippen molar-refractivity contribution in [3.8, 4) is 0 Å². The first-order valence-electron chi connectivity index (χ1n) is 12.5. The van der Waals surface area contributed by atoms with E-state index in [4.69, 9.17) is 4.74 Å². The molecule has 39 heavy (non-hydrogen) atoms. The average Bonchev–Trinajstić information content (AvgIpc) is 2.91. The monoisotopic (exact) mass is 550 g/mol. The largest absolute Gasteiger partial charge is 0.416 e. The summed E-state index contributed by atoms with van der Waals surface area (Å²) in [4.78, 5) is 15.6. The van der Waals surface area contributed by atoms with Gasteiger partial charge in [0.15, 0.2) is 0 Å². The van der Waals surface area contributed by atoms with Crippen LogP contribution in [0, 0.1) is 0 Å². The van der Waals surface area contributed by atoms with Crippen LogP contribution in [0.5, 0.6) is 0 Å². The molecule has 0 saturated carbocycles. The Bertz CT molecular complexity index is 1190. The highest BCUT2D eigenvalue weighted by Gasteiger charge is 2.38. The highest BCUT2D eigenvalue weighted by Crippen LogP contribution is 2.38. The lowest BCUT2D eigenvalue weighted by atomic mass is 9.92. The first kappa shape index (κ1) is 28.6. The van der Waals surface area contributed by atoms with Crippen LogP contribution in [0.3, 0.4) is 0 Å². The SMILES string of the molecule is O=CN(Cc1ccccc1)CN1CCCC(OCc2cc(C(F)(F)F)cc(C(F)(F)F)c2)C1c1ccccc1. The summed E-state index contributed by atoms with van der Waals surface area (Å²) in [5.74, 6) is 0. The Morgan fingerprint density at radius 3 is 2.00 bits per heavy atom. The van der Waals surface area contributed by atoms with Gasteiger partial charge in [-0.25, -0.2) is 0 Å². The van der Waals surface area contributed by atoms with Gasteiger partial charge in [0.2, 0.25) is 6.41 Å². The van der Waals surface area contributed by atoms with E-state index in [2.05, 4.69) is 4.90 Å². The zero-order chi connectivity index (χ0) is 28.0. The van der Waals surface area contributed by atoms with E-state index < -0.39 is 36.2 Å². The van der Waals surface area contributed by atoms with Crippen LogP contribution in [0.1, 0.15) is 46.7 Å². The number of halogens is 6. The second kappa shape index (κ2) is 12.2. The molecule has 0 aliphatic carbocycles. The van der Waals surface area contributed by atoms with Crippen molar-refractivity contribution >= 4 is 6.41 Å². The molecule has 0 bridgehead atoms. The normalized spacial score (nSPS) is 18.6. The molecule has 1 heterocycles. The molecule has 1 saturated heterocycles. The number of piperidine rings is 1. The average molecular weight is 551 g/mol. The van der Waals surface area contributed by atoms with Crippen molar-refractivity contribution in [1.82, 2.24) is 9.80 Å². The van der Waals surface area contributed by atoms with Gasteiger partial charge in [-0.2, -0.15) is 26.3 Å². The molecule has 1 amide bonds. The minimum atomic E-state index is -4.93. The Labute approximate surface area is 222 Å². The number of likely N-dealkylation sites (tertiary alicyclic amines) is 1. The fourth-order valence-corrected chi connectivity index (χ4v) is 4.91. The molecule has 1 fully saturated rings. The van der Waals surface area contributed by atoms with Crippen molar-refractivity contribution in [2.75, 3.05) is 13.2 Å². The van der Waals surface area contributed by atoms with Crippen molar-refractivity contribution in [2.24, 2.45) is 0 Å². The predicted molar refractivity (Wildman–Crippen MR) is 133 cm³/mol. The smallest absolute Gasteiger partial charge is 0.372 e. The van der Waals surface area contributed by atoms with Crippen molar-refractivity contribution in [2.45, 2.75) is 50.5 Å². The number of rotatable bonds is 9. The van der Waals surface area contributed by atoms with Gasteiger partial charge < -0.3 is 9.64 Å². The van der Waals surface area contributed by atoms with E-state index in [-0.39, 0.29) is 24.3 Å². The second-order valence-corrected chi connectivity index (χ2v) is 9.55. The van der Waals surface area contributed by atoms with E-state index in [1.54, 1.807) is 4.90 Å². The number of carbonyl (C=O) groups excluding carboxylic acids is 1. The number of amides is 1. The quantitative estimate of drug-likeness (QED) is 0.211. The number of benzene rings is 3. The van der Waals surface area contributed by atoms with Gasteiger partial charge in [0.25, 0.3) is 0 Å². The van der Waals surface area contributed by atoms with Crippen LogP contribution in [0.2, 0.25) is 0 Å². The summed E-state index contributed by atoms with van der Waals surface area (Å²) < 4.78 is 86.0. The number of nitrogens with zero attached hydrogens (tertiary/aromatic N) is 2. The van der Waals surface area contributed by atoms with Gasteiger partial charge in [-0.15, -0.1) is 0 Å². The van der Waals surface area contributed by atoms with E-state index in [1.165, 1.54) is 0 Å². The maximum Gasteiger partial charge on any atom is 0.416 e. The van der Waals surface area contributed by atoms with Crippen LogP contribution in [0.15, 0.2) is 78.9 Å². The van der Waals surface area contributed by atoms with E-state index in [1.807, 2.05) is 60.7 Å². The molecule has 1 aliphatic rings. The third-order valence-electron chi connectivity index (χ3n) is 6.67. The standard InChI is InChI=1S/C29H28F6N2O2/c30-28(31,32)24-14-22(15-25(16-24)29(33,34)35)18-39-26-12-7-13-37(27(26)23-10-5-2-6-11-23)19-36(20-38)17-21-8-3-1-4-9-21/h1-6,8-11,14-16,20,26-27H,7,12-13,17-19H2. The van der Waals surface area contributed by atoms with Crippen molar-refractivity contribution in [1.29, 1.82) is 0 Å². The van der Waals surface area contributed by atoms with Gasteiger partial charge in [0.05, 0.1) is 36.5 Å². The van der Waals surface area contributed by atoms with Crippen LogP contribution >= 0.6 is 0 Å². The second-order valence-electron chi connectivity index (χ2n) is 9.55. The lowest BCUT2D eigenvalue weighted by molar-refractivity contribution is -0.143. The minimum absolute atomic E-state index is 0.110. The lowest BCUT2D eigenvalue weighted by Crippen LogP contribution is -2.47. The summed E-state index contributed by atoms with van der Waals surface area (Å²) in [6.45, 7) is 0.883. The van der Waals surface area contributed by atoms with Crippen LogP contribution < -0.4 is 0 Å². The topological polar surface area (TPSA) is 32.8 Å². The number of hydrogen-bond donors (Lipinski definition) is 0. The maximum atomic E-state index is 13.3. The summed E-state index contributed by atoms with van der Waals surface area (Å²) in [5, 5.41) is 0. The minimum Gasteiger partial charge on any atom is -0.372 e. The maximum absolute atomic E-state index is 13.3. The number of ether oxygens (including phenoxy) is 1. The Hall–Kier alpha value is -3.37. The van der Waals surface area contributed by atoms with E-state index in [0.717, 1.165) is 17.5 Å². The van der Waals surface area contributed by atoms with Gasteiger partial charge in [-0.05, 0) is 47.7 Å². The fraction of sp³-hybridized carbons (Fsp3) is 0.345. The van der Waals surface area contributed by atoms with Gasteiger partial charge in [0, 0.05) is 13.1 Å². The molecule has 2 unspecified atom stereocenters. The molecule has 0 spiro atoms. The summed E-state index contributed by atoms with van der Waals surface area (Å²) >= 11 is 0. The molecule has 4 rings (SSSR count).